The third kappa shape index (κ3) is 5.81. The Morgan fingerprint density at radius 3 is 2.46 bits per heavy atom. The number of benzene rings is 1. The number of amides is 1. The van der Waals surface area contributed by atoms with E-state index in [2.05, 4.69) is 15.2 Å². The summed E-state index contributed by atoms with van der Waals surface area (Å²) in [6, 6.07) is 2.94. The smallest absolute Gasteiger partial charge is 0.281 e. The molecule has 2 fully saturated rings. The van der Waals surface area contributed by atoms with Gasteiger partial charge in [-0.1, -0.05) is 11.6 Å². The molecule has 1 saturated carbocycles. The summed E-state index contributed by atoms with van der Waals surface area (Å²) < 4.78 is 39.0. The number of aromatic nitrogens is 1. The number of carbonyl (C=O) groups excluding carboxylic acids is 1. The van der Waals surface area contributed by atoms with E-state index in [1.165, 1.54) is 6.07 Å². The fourth-order valence-corrected chi connectivity index (χ4v) is 7.07. The Morgan fingerprint density at radius 2 is 1.85 bits per heavy atom. The van der Waals surface area contributed by atoms with Crippen LogP contribution in [-0.4, -0.2) is 63.6 Å². The molecule has 1 aromatic heterocycles. The Bertz CT molecular complexity index is 1420. The van der Waals surface area contributed by atoms with Crippen molar-refractivity contribution in [1.29, 1.82) is 0 Å². The first kappa shape index (κ1) is 30.1. The van der Waals surface area contributed by atoms with E-state index < -0.39 is 34.7 Å². The van der Waals surface area contributed by atoms with Gasteiger partial charge in [0.15, 0.2) is 11.5 Å². The van der Waals surface area contributed by atoms with Crippen LogP contribution in [0.2, 0.25) is 5.02 Å². The van der Waals surface area contributed by atoms with Crippen LogP contribution in [0.3, 0.4) is 0 Å². The summed E-state index contributed by atoms with van der Waals surface area (Å²) >= 11 is 7.66. The second-order valence-corrected chi connectivity index (χ2v) is 12.7. The average Bonchev–Trinajstić information content (AvgIpc) is 3.24. The first-order valence-corrected chi connectivity index (χ1v) is 15.1. The van der Waals surface area contributed by atoms with E-state index in [1.807, 2.05) is 6.92 Å². The maximum Gasteiger partial charge on any atom is 0.281 e. The number of rotatable bonds is 7. The van der Waals surface area contributed by atoms with Crippen molar-refractivity contribution in [2.45, 2.75) is 69.0 Å². The van der Waals surface area contributed by atoms with Crippen molar-refractivity contribution >= 4 is 29.3 Å². The zero-order valence-electron chi connectivity index (χ0n) is 23.3. The number of ether oxygens (including phenoxy) is 2. The van der Waals surface area contributed by atoms with Gasteiger partial charge in [-0.15, -0.1) is 11.8 Å². The van der Waals surface area contributed by atoms with Crippen molar-refractivity contribution < 1.29 is 33.3 Å². The zero-order valence-corrected chi connectivity index (χ0v) is 24.8. The molecule has 1 atom stereocenters. The number of aromatic amines is 1. The normalized spacial score (nSPS) is 23.0. The summed E-state index contributed by atoms with van der Waals surface area (Å²) in [5.74, 6) is -6.83. The number of hydrogen-bond donors (Lipinski definition) is 4. The molecule has 1 amide bonds. The molecular formula is C28H34ClF2N3O6S. The predicted octanol–water partition coefficient (Wildman–Crippen LogP) is 4.14. The minimum absolute atomic E-state index is 0.0116. The second-order valence-electron chi connectivity index (χ2n) is 11.5. The standard InChI is InChI=1S/C28H34ClF2N3O6S/c1-14-9-20(41-4)21(25(36)32-14)28(37,38)33-24(35)18-10-19(29)23-22(15(18)2)39-26(3,40-23)17-5-7-34(8-6-17)13-16-11-27(30,31)12-16/h9-10,16-17,37-38H,5-8,11-13H2,1-4H3,(H,32,36)(H,33,35). The molecule has 1 aliphatic carbocycles. The van der Waals surface area contributed by atoms with Gasteiger partial charge in [-0.05, 0) is 64.1 Å². The number of aryl methyl sites for hydroxylation is 1. The molecule has 1 aromatic carbocycles. The van der Waals surface area contributed by atoms with E-state index in [0.717, 1.165) is 37.7 Å². The summed E-state index contributed by atoms with van der Waals surface area (Å²) in [5, 5.41) is 23.8. The molecule has 0 bridgehead atoms. The fourth-order valence-electron chi connectivity index (χ4n) is 6.10. The highest BCUT2D eigenvalue weighted by molar-refractivity contribution is 7.98. The quantitative estimate of drug-likeness (QED) is 0.271. The van der Waals surface area contributed by atoms with Crippen LogP contribution in [0.25, 0.3) is 0 Å². The van der Waals surface area contributed by atoms with Crippen molar-refractivity contribution in [1.82, 2.24) is 15.2 Å². The lowest BCUT2D eigenvalue weighted by Crippen LogP contribution is -2.50. The van der Waals surface area contributed by atoms with Gasteiger partial charge >= 0.3 is 0 Å². The van der Waals surface area contributed by atoms with Crippen molar-refractivity contribution in [3.05, 3.63) is 49.9 Å². The Hall–Kier alpha value is -2.38. The van der Waals surface area contributed by atoms with Crippen molar-refractivity contribution in [3.63, 3.8) is 0 Å². The first-order chi connectivity index (χ1) is 19.1. The van der Waals surface area contributed by atoms with Gasteiger partial charge in [0, 0.05) is 53.9 Å². The third-order valence-corrected chi connectivity index (χ3v) is 9.34. The van der Waals surface area contributed by atoms with E-state index in [-0.39, 0.29) is 41.0 Å². The molecule has 3 aliphatic rings. The van der Waals surface area contributed by atoms with Gasteiger partial charge in [0.25, 0.3) is 23.2 Å². The van der Waals surface area contributed by atoms with Crippen LogP contribution in [0.4, 0.5) is 8.78 Å². The monoisotopic (exact) mass is 613 g/mol. The lowest BCUT2D eigenvalue weighted by atomic mass is 9.80. The molecule has 3 heterocycles. The second kappa shape index (κ2) is 10.7. The van der Waals surface area contributed by atoms with Gasteiger partial charge in [0.05, 0.1) is 5.02 Å². The number of carbonyl (C=O) groups is 1. The summed E-state index contributed by atoms with van der Waals surface area (Å²) in [6.07, 6.45) is 3.05. The maximum absolute atomic E-state index is 13.3. The lowest BCUT2D eigenvalue weighted by molar-refractivity contribution is -0.188. The van der Waals surface area contributed by atoms with E-state index >= 15 is 0 Å². The number of nitrogens with zero attached hydrogens (tertiary/aromatic N) is 1. The zero-order chi connectivity index (χ0) is 29.9. The molecule has 41 heavy (non-hydrogen) atoms. The Labute approximate surface area is 245 Å². The molecule has 0 spiro atoms. The van der Waals surface area contributed by atoms with Crippen molar-refractivity contribution in [3.8, 4) is 11.5 Å². The number of likely N-dealkylation sites (tertiary alicyclic amines) is 1. The molecular weight excluding hydrogens is 580 g/mol. The summed E-state index contributed by atoms with van der Waals surface area (Å²) in [6.45, 7) is 7.24. The van der Waals surface area contributed by atoms with Gasteiger partial charge in [-0.3, -0.25) is 14.9 Å². The van der Waals surface area contributed by atoms with E-state index in [1.54, 1.807) is 26.2 Å². The van der Waals surface area contributed by atoms with Gasteiger partial charge in [0.1, 0.15) is 5.56 Å². The van der Waals surface area contributed by atoms with E-state index in [9.17, 15) is 28.6 Å². The van der Waals surface area contributed by atoms with Gasteiger partial charge in [-0.25, -0.2) is 8.78 Å². The number of nitrogens with one attached hydrogen (secondary N) is 2. The summed E-state index contributed by atoms with van der Waals surface area (Å²) in [5.41, 5.74) is -0.214. The van der Waals surface area contributed by atoms with Gasteiger partial charge < -0.3 is 29.6 Å². The van der Waals surface area contributed by atoms with Crippen molar-refractivity contribution in [2.24, 2.45) is 11.8 Å². The van der Waals surface area contributed by atoms with Crippen molar-refractivity contribution in [2.75, 3.05) is 25.9 Å². The topological polar surface area (TPSA) is 124 Å². The van der Waals surface area contributed by atoms with Crippen LogP contribution >= 0.6 is 23.4 Å². The SMILES string of the molecule is CSc1cc(C)[nH]c(=O)c1C(O)(O)NC(=O)c1cc(Cl)c2c(c1C)OC(C)(C1CCN(CC3CC(F)(F)C3)CC1)O2. The van der Waals surface area contributed by atoms with Gasteiger partial charge in [0.2, 0.25) is 5.92 Å². The minimum atomic E-state index is -2.97. The number of alkyl halides is 2. The molecule has 0 radical (unpaired) electrons. The first-order valence-electron chi connectivity index (χ1n) is 13.5. The largest absolute Gasteiger partial charge is 0.448 e. The number of hydrogen-bond acceptors (Lipinski definition) is 8. The highest BCUT2D eigenvalue weighted by Crippen LogP contribution is 2.51. The van der Waals surface area contributed by atoms with Crippen LogP contribution in [0.15, 0.2) is 21.8 Å². The van der Waals surface area contributed by atoms with Crippen LogP contribution in [0, 0.1) is 25.7 Å². The highest BCUT2D eigenvalue weighted by atomic mass is 35.5. The summed E-state index contributed by atoms with van der Waals surface area (Å²) in [7, 11) is 0. The van der Waals surface area contributed by atoms with E-state index in [4.69, 9.17) is 21.1 Å². The molecule has 5 rings (SSSR count). The molecule has 9 nitrogen and oxygen atoms in total. The number of piperidine rings is 1. The lowest BCUT2D eigenvalue weighted by Gasteiger charge is -2.42. The molecule has 2 aromatic rings. The number of thioether (sulfide) groups is 1. The predicted molar refractivity (Wildman–Crippen MR) is 150 cm³/mol. The number of fused-ring (bicyclic) bond motifs is 1. The third-order valence-electron chi connectivity index (χ3n) is 8.30. The maximum atomic E-state index is 13.3. The average molecular weight is 614 g/mol. The van der Waals surface area contributed by atoms with Crippen LogP contribution < -0.4 is 20.3 Å². The molecule has 224 valence electrons. The highest BCUT2D eigenvalue weighted by Gasteiger charge is 2.49. The number of pyridine rings is 1. The molecule has 1 unspecified atom stereocenters. The Balaban J connectivity index is 1.30. The molecule has 2 aliphatic heterocycles. The Morgan fingerprint density at radius 1 is 1.22 bits per heavy atom. The van der Waals surface area contributed by atoms with Crippen LogP contribution in [0.1, 0.15) is 59.8 Å². The van der Waals surface area contributed by atoms with Crippen LogP contribution in [0.5, 0.6) is 11.5 Å². The fraction of sp³-hybridized carbons (Fsp3) is 0.571. The molecule has 13 heteroatoms. The number of halogens is 3. The van der Waals surface area contributed by atoms with E-state index in [0.29, 0.717) is 28.4 Å². The number of H-pyrrole nitrogens is 1. The van der Waals surface area contributed by atoms with Crippen LogP contribution in [-0.2, 0) is 5.91 Å². The minimum Gasteiger partial charge on any atom is -0.448 e. The summed E-state index contributed by atoms with van der Waals surface area (Å²) in [4.78, 5) is 30.9. The Kier molecular flexibility index (Phi) is 7.86. The van der Waals surface area contributed by atoms with Gasteiger partial charge in [-0.2, -0.15) is 0 Å². The molecule has 1 saturated heterocycles. The number of aliphatic hydroxyl groups is 2. The molecule has 4 N–H and O–H groups in total.